The van der Waals surface area contributed by atoms with Gasteiger partial charge in [-0.1, -0.05) is 13.0 Å². The number of ether oxygens (including phenoxy) is 2. The molecule has 1 amide bonds. The molecule has 2 aromatic carbocycles. The van der Waals surface area contributed by atoms with Crippen LogP contribution in [0.3, 0.4) is 0 Å². The van der Waals surface area contributed by atoms with Gasteiger partial charge in [-0.15, -0.1) is 10.2 Å². The Morgan fingerprint density at radius 3 is 2.56 bits per heavy atom. The van der Waals surface area contributed by atoms with Gasteiger partial charge < -0.3 is 19.2 Å². The SMILES string of the molecule is CC1CCN(S(=O)(=O)c2ccc(-c3nnc(C(=O)NCc4ccc5c(c4)OCO5)o3)cc2)CC1. The molecule has 10 nitrogen and oxygen atoms in total. The smallest absolute Gasteiger partial charge is 0.309 e. The van der Waals surface area contributed by atoms with Crippen LogP contribution < -0.4 is 14.8 Å². The van der Waals surface area contributed by atoms with Gasteiger partial charge >= 0.3 is 11.8 Å². The highest BCUT2D eigenvalue weighted by atomic mass is 32.2. The van der Waals surface area contributed by atoms with E-state index in [0.717, 1.165) is 18.4 Å². The summed E-state index contributed by atoms with van der Waals surface area (Å²) in [5, 5.41) is 10.5. The quantitative estimate of drug-likeness (QED) is 0.566. The lowest BCUT2D eigenvalue weighted by molar-refractivity contribution is 0.0916. The minimum Gasteiger partial charge on any atom is -0.454 e. The maximum atomic E-state index is 12.9. The summed E-state index contributed by atoms with van der Waals surface area (Å²) in [7, 11) is -3.54. The van der Waals surface area contributed by atoms with Crippen molar-refractivity contribution in [3.63, 3.8) is 0 Å². The number of hydrogen-bond acceptors (Lipinski definition) is 8. The van der Waals surface area contributed by atoms with Gasteiger partial charge in [0.2, 0.25) is 22.7 Å². The number of rotatable bonds is 6. The van der Waals surface area contributed by atoms with Gasteiger partial charge in [-0.3, -0.25) is 4.79 Å². The van der Waals surface area contributed by atoms with Crippen LogP contribution in [0, 0.1) is 5.92 Å². The van der Waals surface area contributed by atoms with Crippen LogP contribution in [0.15, 0.2) is 51.8 Å². The van der Waals surface area contributed by atoms with E-state index in [4.69, 9.17) is 13.9 Å². The van der Waals surface area contributed by atoms with Crippen molar-refractivity contribution in [2.45, 2.75) is 31.2 Å². The number of benzene rings is 2. The number of nitrogens with zero attached hydrogens (tertiary/aromatic N) is 3. The van der Waals surface area contributed by atoms with E-state index in [0.29, 0.717) is 36.1 Å². The van der Waals surface area contributed by atoms with Crippen molar-refractivity contribution >= 4 is 15.9 Å². The minimum absolute atomic E-state index is 0.129. The van der Waals surface area contributed by atoms with Crippen LogP contribution in [0.25, 0.3) is 11.5 Å². The second-order valence-electron chi connectivity index (χ2n) is 8.39. The molecule has 1 saturated heterocycles. The highest BCUT2D eigenvalue weighted by Crippen LogP contribution is 2.32. The molecule has 2 aliphatic heterocycles. The second kappa shape index (κ2) is 9.07. The van der Waals surface area contributed by atoms with Crippen LogP contribution >= 0.6 is 0 Å². The van der Waals surface area contributed by atoms with Crippen molar-refractivity contribution in [3.8, 4) is 23.0 Å². The zero-order valence-corrected chi connectivity index (χ0v) is 19.4. The number of nitrogens with one attached hydrogen (secondary N) is 1. The first kappa shape index (κ1) is 22.4. The van der Waals surface area contributed by atoms with E-state index in [9.17, 15) is 13.2 Å². The molecule has 0 bridgehead atoms. The van der Waals surface area contributed by atoms with Gasteiger partial charge in [0.15, 0.2) is 11.5 Å². The van der Waals surface area contributed by atoms with Gasteiger partial charge in [0.05, 0.1) is 4.90 Å². The van der Waals surface area contributed by atoms with Crippen molar-refractivity contribution in [1.82, 2.24) is 19.8 Å². The van der Waals surface area contributed by atoms with Crippen molar-refractivity contribution in [2.75, 3.05) is 19.9 Å². The maximum Gasteiger partial charge on any atom is 0.309 e. The lowest BCUT2D eigenvalue weighted by Gasteiger charge is -2.29. The summed E-state index contributed by atoms with van der Waals surface area (Å²) >= 11 is 0. The summed E-state index contributed by atoms with van der Waals surface area (Å²) < 4.78 is 43.4. The molecule has 3 heterocycles. The Morgan fingerprint density at radius 1 is 1.06 bits per heavy atom. The monoisotopic (exact) mass is 484 g/mol. The summed E-state index contributed by atoms with van der Waals surface area (Å²) in [5.74, 6) is 1.26. The fraction of sp³-hybridized carbons (Fsp3) is 0.348. The third kappa shape index (κ3) is 4.48. The molecule has 0 spiro atoms. The molecule has 0 radical (unpaired) electrons. The van der Waals surface area contributed by atoms with Crippen LogP contribution in [-0.4, -0.2) is 48.7 Å². The third-order valence-electron chi connectivity index (χ3n) is 5.99. The molecular formula is C23H24N4O6S. The van der Waals surface area contributed by atoms with Gasteiger partial charge in [-0.05, 0) is 60.7 Å². The number of carbonyl (C=O) groups is 1. The average Bonchev–Trinajstić information content (AvgIpc) is 3.52. The zero-order valence-electron chi connectivity index (χ0n) is 18.6. The molecule has 34 heavy (non-hydrogen) atoms. The first-order chi connectivity index (χ1) is 16.4. The number of hydrogen-bond donors (Lipinski definition) is 1. The number of piperidine rings is 1. The minimum atomic E-state index is -3.54. The molecule has 178 valence electrons. The summed E-state index contributed by atoms with van der Waals surface area (Å²) in [5.41, 5.74) is 1.35. The van der Waals surface area contributed by atoms with Crippen molar-refractivity contribution in [3.05, 3.63) is 53.9 Å². The lowest BCUT2D eigenvalue weighted by Crippen LogP contribution is -2.37. The highest BCUT2D eigenvalue weighted by Gasteiger charge is 2.28. The fourth-order valence-electron chi connectivity index (χ4n) is 3.88. The predicted octanol–water partition coefficient (Wildman–Crippen LogP) is 2.82. The molecule has 3 aromatic rings. The molecule has 1 aromatic heterocycles. The molecule has 0 unspecified atom stereocenters. The Hall–Kier alpha value is -3.44. The molecule has 0 saturated carbocycles. The van der Waals surface area contributed by atoms with Crippen molar-refractivity contribution in [1.29, 1.82) is 0 Å². The van der Waals surface area contributed by atoms with Crippen molar-refractivity contribution < 1.29 is 27.1 Å². The Balaban J connectivity index is 1.23. The number of fused-ring (bicyclic) bond motifs is 1. The van der Waals surface area contributed by atoms with E-state index in [1.165, 1.54) is 16.4 Å². The van der Waals surface area contributed by atoms with Crippen LogP contribution in [0.2, 0.25) is 0 Å². The third-order valence-corrected chi connectivity index (χ3v) is 7.90. The Labute approximate surface area is 196 Å². The number of carbonyl (C=O) groups excluding carboxylic acids is 1. The summed E-state index contributed by atoms with van der Waals surface area (Å²) in [6, 6.07) is 11.6. The Morgan fingerprint density at radius 2 is 1.79 bits per heavy atom. The fourth-order valence-corrected chi connectivity index (χ4v) is 5.35. The normalized spacial score (nSPS) is 16.5. The van der Waals surface area contributed by atoms with E-state index in [2.05, 4.69) is 22.4 Å². The van der Waals surface area contributed by atoms with Crippen LogP contribution in [0.5, 0.6) is 11.5 Å². The molecule has 11 heteroatoms. The largest absolute Gasteiger partial charge is 0.454 e. The highest BCUT2D eigenvalue weighted by molar-refractivity contribution is 7.89. The first-order valence-electron chi connectivity index (χ1n) is 11.0. The van der Waals surface area contributed by atoms with E-state index in [-0.39, 0.29) is 30.0 Å². The number of aromatic nitrogens is 2. The summed E-state index contributed by atoms with van der Waals surface area (Å²) in [4.78, 5) is 12.6. The second-order valence-corrected chi connectivity index (χ2v) is 10.3. The molecular weight excluding hydrogens is 460 g/mol. The predicted molar refractivity (Wildman–Crippen MR) is 121 cm³/mol. The van der Waals surface area contributed by atoms with E-state index >= 15 is 0 Å². The standard InChI is InChI=1S/C23H24N4O6S/c1-15-8-10-27(11-9-15)34(29,30)18-5-3-17(4-6-18)22-25-26-23(33-22)21(28)24-13-16-2-7-19-20(12-16)32-14-31-19/h2-7,12,15H,8-11,13-14H2,1H3,(H,24,28). The van der Waals surface area contributed by atoms with Crippen LogP contribution in [0.1, 0.15) is 36.0 Å². The molecule has 0 atom stereocenters. The maximum absolute atomic E-state index is 12.9. The molecule has 0 aliphatic carbocycles. The van der Waals surface area contributed by atoms with Crippen LogP contribution in [-0.2, 0) is 16.6 Å². The molecule has 2 aliphatic rings. The number of amides is 1. The van der Waals surface area contributed by atoms with E-state index < -0.39 is 15.9 Å². The van der Waals surface area contributed by atoms with Crippen molar-refractivity contribution in [2.24, 2.45) is 5.92 Å². The topological polar surface area (TPSA) is 124 Å². The van der Waals surface area contributed by atoms with Gasteiger partial charge in [0, 0.05) is 25.2 Å². The first-order valence-corrected chi connectivity index (χ1v) is 12.4. The Bertz CT molecular complexity index is 1300. The van der Waals surface area contributed by atoms with Gasteiger partial charge in [-0.25, -0.2) is 8.42 Å². The van der Waals surface area contributed by atoms with Crippen LogP contribution in [0.4, 0.5) is 0 Å². The molecule has 1 N–H and O–H groups in total. The summed E-state index contributed by atoms with van der Waals surface area (Å²) in [6.07, 6.45) is 1.72. The zero-order chi connectivity index (χ0) is 23.7. The lowest BCUT2D eigenvalue weighted by atomic mass is 10.0. The van der Waals surface area contributed by atoms with Gasteiger partial charge in [0.1, 0.15) is 0 Å². The Kier molecular flexibility index (Phi) is 5.96. The molecule has 5 rings (SSSR count). The molecule has 1 fully saturated rings. The van der Waals surface area contributed by atoms with Gasteiger partial charge in [-0.2, -0.15) is 4.31 Å². The number of sulfonamides is 1. The van der Waals surface area contributed by atoms with Gasteiger partial charge in [0.25, 0.3) is 0 Å². The van der Waals surface area contributed by atoms with E-state index in [1.54, 1.807) is 24.3 Å². The summed E-state index contributed by atoms with van der Waals surface area (Å²) in [6.45, 7) is 3.61. The van der Waals surface area contributed by atoms with E-state index in [1.807, 2.05) is 6.07 Å². The average molecular weight is 485 g/mol.